The molecule has 0 aromatic heterocycles. The zero-order chi connectivity index (χ0) is 22.8. The summed E-state index contributed by atoms with van der Waals surface area (Å²) in [6.07, 6.45) is -4.94. The third-order valence-electron chi connectivity index (χ3n) is 3.39. The lowest BCUT2D eigenvalue weighted by Crippen LogP contribution is -2.42. The highest BCUT2D eigenvalue weighted by Gasteiger charge is 2.29. The van der Waals surface area contributed by atoms with Crippen LogP contribution in [0.1, 0.15) is 26.3 Å². The van der Waals surface area contributed by atoms with Crippen molar-refractivity contribution in [2.24, 2.45) is 4.99 Å². The molecule has 0 aliphatic heterocycles. The quantitative estimate of drug-likeness (QED) is 0.331. The first kappa shape index (κ1) is 25.2. The van der Waals surface area contributed by atoms with Gasteiger partial charge in [-0.05, 0) is 38.5 Å². The number of amides is 1. The van der Waals surface area contributed by atoms with Crippen LogP contribution in [0.3, 0.4) is 0 Å². The molecule has 0 fully saturated rings. The van der Waals surface area contributed by atoms with Crippen LogP contribution in [0.25, 0.3) is 0 Å². The number of guanidine groups is 1. The number of hydrogen-bond donors (Lipinski definition) is 3. The van der Waals surface area contributed by atoms with Crippen LogP contribution in [0.4, 0.5) is 18.0 Å². The summed E-state index contributed by atoms with van der Waals surface area (Å²) in [6.45, 7) is 5.02. The average Bonchev–Trinajstić information content (AvgIpc) is 2.64. The molecule has 0 aliphatic rings. The number of hydrogen-bond acceptors (Lipinski definition) is 5. The molecular formula is C19H29F3N4O4. The molecule has 1 amide bonds. The number of carbonyl (C=O) groups is 1. The van der Waals surface area contributed by atoms with Gasteiger partial charge in [0, 0.05) is 26.7 Å². The Bertz CT molecular complexity index is 719. The highest BCUT2D eigenvalue weighted by molar-refractivity contribution is 5.79. The number of alkyl carbamates (subject to hydrolysis) is 1. The topological polar surface area (TPSA) is 93.2 Å². The third-order valence-corrected chi connectivity index (χ3v) is 3.39. The minimum Gasteiger partial charge on any atom is -0.493 e. The zero-order valence-corrected chi connectivity index (χ0v) is 17.8. The fraction of sp³-hybridized carbons (Fsp3) is 0.579. The Kier molecular flexibility index (Phi) is 9.54. The Hall–Kier alpha value is -2.85. The van der Waals surface area contributed by atoms with Gasteiger partial charge >= 0.3 is 12.3 Å². The molecule has 0 unspecified atom stereocenters. The highest BCUT2D eigenvalue weighted by atomic mass is 19.4. The lowest BCUT2D eigenvalue weighted by Gasteiger charge is -2.20. The number of benzene rings is 1. The Morgan fingerprint density at radius 1 is 1.07 bits per heavy atom. The summed E-state index contributed by atoms with van der Waals surface area (Å²) in [5.74, 6) is 0.690. The maximum absolute atomic E-state index is 12.3. The van der Waals surface area contributed by atoms with Crippen LogP contribution < -0.4 is 25.4 Å². The van der Waals surface area contributed by atoms with E-state index in [2.05, 4.69) is 20.9 Å². The molecule has 8 nitrogen and oxygen atoms in total. The number of ether oxygens (including phenoxy) is 3. The van der Waals surface area contributed by atoms with Gasteiger partial charge in [-0.25, -0.2) is 4.79 Å². The third kappa shape index (κ3) is 10.6. The number of alkyl halides is 3. The molecule has 0 spiro atoms. The van der Waals surface area contributed by atoms with Crippen molar-refractivity contribution in [3.8, 4) is 11.5 Å². The number of carbonyl (C=O) groups excluding carboxylic acids is 1. The summed E-state index contributed by atoms with van der Waals surface area (Å²) in [5, 5.41) is 8.70. The van der Waals surface area contributed by atoms with Crippen molar-refractivity contribution in [1.82, 2.24) is 16.0 Å². The van der Waals surface area contributed by atoms with Gasteiger partial charge in [0.2, 0.25) is 0 Å². The van der Waals surface area contributed by atoms with E-state index in [1.807, 2.05) is 0 Å². The van der Waals surface area contributed by atoms with E-state index in [1.54, 1.807) is 40.0 Å². The molecule has 11 heteroatoms. The van der Waals surface area contributed by atoms with Gasteiger partial charge in [0.1, 0.15) is 5.60 Å². The van der Waals surface area contributed by atoms with Crippen LogP contribution in [0.2, 0.25) is 0 Å². The van der Waals surface area contributed by atoms with Crippen molar-refractivity contribution in [3.05, 3.63) is 23.8 Å². The smallest absolute Gasteiger partial charge is 0.422 e. The fourth-order valence-corrected chi connectivity index (χ4v) is 2.17. The van der Waals surface area contributed by atoms with Gasteiger partial charge in [-0.3, -0.25) is 4.99 Å². The van der Waals surface area contributed by atoms with Gasteiger partial charge in [0.05, 0.1) is 7.11 Å². The molecule has 30 heavy (non-hydrogen) atoms. The fourth-order valence-electron chi connectivity index (χ4n) is 2.17. The van der Waals surface area contributed by atoms with Crippen molar-refractivity contribution >= 4 is 12.1 Å². The highest BCUT2D eigenvalue weighted by Crippen LogP contribution is 2.29. The van der Waals surface area contributed by atoms with E-state index in [-0.39, 0.29) is 11.5 Å². The van der Waals surface area contributed by atoms with Crippen LogP contribution in [-0.4, -0.2) is 57.7 Å². The molecule has 0 bridgehead atoms. The first-order valence-electron chi connectivity index (χ1n) is 9.21. The van der Waals surface area contributed by atoms with Crippen molar-refractivity contribution in [2.45, 2.75) is 39.1 Å². The van der Waals surface area contributed by atoms with Crippen LogP contribution >= 0.6 is 0 Å². The first-order valence-corrected chi connectivity index (χ1v) is 9.21. The molecule has 0 atom stereocenters. The Balaban J connectivity index is 2.48. The van der Waals surface area contributed by atoms with Gasteiger partial charge in [0.25, 0.3) is 0 Å². The van der Waals surface area contributed by atoms with E-state index in [9.17, 15) is 18.0 Å². The maximum atomic E-state index is 12.3. The standard InChI is InChI=1S/C19H29F3N4O4/c1-18(2,3)30-17(27)25-9-8-24-16(23-4)26-11-13-6-7-14(15(10-13)28-5)29-12-19(20,21)22/h6-7,10H,8-9,11-12H2,1-5H3,(H,25,27)(H2,23,24,26). The number of aliphatic imine (C=N–C) groups is 1. The van der Waals surface area contributed by atoms with Crippen LogP contribution in [0.15, 0.2) is 23.2 Å². The molecule has 3 N–H and O–H groups in total. The minimum atomic E-state index is -4.43. The summed E-state index contributed by atoms with van der Waals surface area (Å²) in [5.41, 5.74) is 0.185. The molecule has 0 saturated heterocycles. The largest absolute Gasteiger partial charge is 0.493 e. The number of nitrogens with one attached hydrogen (secondary N) is 3. The molecule has 0 saturated carbocycles. The van der Waals surface area contributed by atoms with E-state index in [0.717, 1.165) is 5.56 Å². The average molecular weight is 434 g/mol. The molecule has 0 radical (unpaired) electrons. The van der Waals surface area contributed by atoms with Gasteiger partial charge < -0.3 is 30.2 Å². The minimum absolute atomic E-state index is 0.00861. The molecular weight excluding hydrogens is 405 g/mol. The van der Waals surface area contributed by atoms with E-state index >= 15 is 0 Å². The first-order chi connectivity index (χ1) is 13.9. The summed E-state index contributed by atoms with van der Waals surface area (Å²) in [6, 6.07) is 4.62. The predicted octanol–water partition coefficient (Wildman–Crippen LogP) is 2.83. The predicted molar refractivity (Wildman–Crippen MR) is 107 cm³/mol. The second-order valence-electron chi connectivity index (χ2n) is 7.17. The van der Waals surface area contributed by atoms with Crippen LogP contribution in [0, 0.1) is 0 Å². The lowest BCUT2D eigenvalue weighted by atomic mass is 10.2. The summed E-state index contributed by atoms with van der Waals surface area (Å²) >= 11 is 0. The van der Waals surface area contributed by atoms with Crippen LogP contribution in [-0.2, 0) is 11.3 Å². The lowest BCUT2D eigenvalue weighted by molar-refractivity contribution is -0.153. The van der Waals surface area contributed by atoms with Crippen LogP contribution in [0.5, 0.6) is 11.5 Å². The molecule has 1 aromatic rings. The normalized spacial score (nSPS) is 12.2. The molecule has 0 heterocycles. The van der Waals surface area contributed by atoms with E-state index in [1.165, 1.54) is 13.2 Å². The van der Waals surface area contributed by atoms with Gasteiger partial charge in [0.15, 0.2) is 24.1 Å². The van der Waals surface area contributed by atoms with Gasteiger partial charge in [-0.15, -0.1) is 0 Å². The number of rotatable bonds is 8. The van der Waals surface area contributed by atoms with E-state index in [4.69, 9.17) is 14.2 Å². The molecule has 1 aromatic carbocycles. The number of halogens is 3. The molecule has 170 valence electrons. The monoisotopic (exact) mass is 434 g/mol. The summed E-state index contributed by atoms with van der Waals surface area (Å²) in [4.78, 5) is 15.6. The van der Waals surface area contributed by atoms with Crippen molar-refractivity contribution < 1.29 is 32.2 Å². The second-order valence-corrected chi connectivity index (χ2v) is 7.17. The van der Waals surface area contributed by atoms with E-state index in [0.29, 0.717) is 25.6 Å². The Morgan fingerprint density at radius 3 is 2.30 bits per heavy atom. The van der Waals surface area contributed by atoms with Crippen molar-refractivity contribution in [2.75, 3.05) is 33.9 Å². The molecule has 0 aliphatic carbocycles. The SMILES string of the molecule is CN=C(NCCNC(=O)OC(C)(C)C)NCc1ccc(OCC(F)(F)F)c(OC)c1. The van der Waals surface area contributed by atoms with Gasteiger partial charge in [-0.1, -0.05) is 6.07 Å². The maximum Gasteiger partial charge on any atom is 0.422 e. The Morgan fingerprint density at radius 2 is 1.73 bits per heavy atom. The zero-order valence-electron chi connectivity index (χ0n) is 17.8. The van der Waals surface area contributed by atoms with Crippen molar-refractivity contribution in [3.63, 3.8) is 0 Å². The molecule has 1 rings (SSSR count). The number of methoxy groups -OCH3 is 1. The summed E-state index contributed by atoms with van der Waals surface area (Å²) < 4.78 is 52.0. The Labute approximate surface area is 174 Å². The van der Waals surface area contributed by atoms with Gasteiger partial charge in [-0.2, -0.15) is 13.2 Å². The van der Waals surface area contributed by atoms with E-state index < -0.39 is 24.5 Å². The summed E-state index contributed by atoms with van der Waals surface area (Å²) in [7, 11) is 2.94. The second kappa shape index (κ2) is 11.4. The van der Waals surface area contributed by atoms with Crippen molar-refractivity contribution in [1.29, 1.82) is 0 Å². The number of nitrogens with zero attached hydrogens (tertiary/aromatic N) is 1.